The minimum absolute atomic E-state index is 0.0120. The fourth-order valence-corrected chi connectivity index (χ4v) is 2.47. The minimum Gasteiger partial charge on any atom is -0.411 e. The SMILES string of the molecule is CC1=[N+](C)c2cccc(C=NO)c2C1(C)C. The van der Waals surface area contributed by atoms with Crippen LogP contribution >= 0.6 is 0 Å². The Morgan fingerprint density at radius 1 is 1.38 bits per heavy atom. The number of hydrogen-bond donors (Lipinski definition) is 1. The van der Waals surface area contributed by atoms with Crippen LogP contribution < -0.4 is 0 Å². The highest BCUT2D eigenvalue weighted by atomic mass is 16.4. The molecule has 1 aromatic rings. The lowest BCUT2D eigenvalue weighted by Crippen LogP contribution is -2.26. The van der Waals surface area contributed by atoms with E-state index >= 15 is 0 Å². The van der Waals surface area contributed by atoms with Crippen molar-refractivity contribution < 1.29 is 9.78 Å². The molecule has 3 nitrogen and oxygen atoms in total. The highest BCUT2D eigenvalue weighted by Gasteiger charge is 2.42. The second kappa shape index (κ2) is 3.44. The van der Waals surface area contributed by atoms with Crippen molar-refractivity contribution in [2.45, 2.75) is 26.2 Å². The van der Waals surface area contributed by atoms with Crippen molar-refractivity contribution in [3.05, 3.63) is 29.3 Å². The van der Waals surface area contributed by atoms with Gasteiger partial charge in [-0.1, -0.05) is 17.3 Å². The topological polar surface area (TPSA) is 35.6 Å². The molecule has 0 atom stereocenters. The lowest BCUT2D eigenvalue weighted by molar-refractivity contribution is -0.403. The van der Waals surface area contributed by atoms with Crippen LogP contribution in [-0.4, -0.2) is 28.8 Å². The first kappa shape index (κ1) is 10.9. The van der Waals surface area contributed by atoms with Crippen LogP contribution in [0.2, 0.25) is 0 Å². The Labute approximate surface area is 95.7 Å². The molecule has 0 fully saturated rings. The summed E-state index contributed by atoms with van der Waals surface area (Å²) < 4.78 is 2.20. The average molecular weight is 217 g/mol. The van der Waals surface area contributed by atoms with Crippen molar-refractivity contribution in [2.24, 2.45) is 5.16 Å². The number of benzene rings is 1. The molecule has 3 heteroatoms. The van der Waals surface area contributed by atoms with Gasteiger partial charge in [-0.3, -0.25) is 0 Å². The van der Waals surface area contributed by atoms with Gasteiger partial charge < -0.3 is 5.21 Å². The quantitative estimate of drug-likeness (QED) is 0.333. The first-order chi connectivity index (χ1) is 7.50. The summed E-state index contributed by atoms with van der Waals surface area (Å²) in [7, 11) is 2.07. The fraction of sp³-hybridized carbons (Fsp3) is 0.385. The molecule has 0 saturated heterocycles. The van der Waals surface area contributed by atoms with Gasteiger partial charge in [0.25, 0.3) is 0 Å². The molecule has 0 saturated carbocycles. The van der Waals surface area contributed by atoms with Gasteiger partial charge in [0.2, 0.25) is 5.69 Å². The van der Waals surface area contributed by atoms with E-state index in [1.807, 2.05) is 12.1 Å². The molecule has 0 unspecified atom stereocenters. The molecule has 0 bridgehead atoms. The molecule has 16 heavy (non-hydrogen) atoms. The lowest BCUT2D eigenvalue weighted by atomic mass is 9.80. The Balaban J connectivity index is 2.75. The number of hydrogen-bond acceptors (Lipinski definition) is 2. The summed E-state index contributed by atoms with van der Waals surface area (Å²) >= 11 is 0. The van der Waals surface area contributed by atoms with E-state index in [-0.39, 0.29) is 5.41 Å². The molecule has 0 radical (unpaired) electrons. The standard InChI is InChI=1S/C13H16N2O/c1-9-13(2,3)12-10(8-14-16)6-5-7-11(12)15(9)4/h5-8H,1-4H3/p+1. The van der Waals surface area contributed by atoms with Crippen molar-refractivity contribution >= 4 is 17.6 Å². The van der Waals surface area contributed by atoms with E-state index in [0.29, 0.717) is 0 Å². The predicted octanol–water partition coefficient (Wildman–Crippen LogP) is 2.52. The van der Waals surface area contributed by atoms with Crippen molar-refractivity contribution in [2.75, 3.05) is 7.05 Å². The Morgan fingerprint density at radius 3 is 2.69 bits per heavy atom. The largest absolute Gasteiger partial charge is 0.411 e. The highest BCUT2D eigenvalue weighted by Crippen LogP contribution is 2.40. The molecule has 1 N–H and O–H groups in total. The summed E-state index contributed by atoms with van der Waals surface area (Å²) in [5, 5.41) is 11.8. The van der Waals surface area contributed by atoms with Gasteiger partial charge in [-0.15, -0.1) is 0 Å². The summed E-state index contributed by atoms with van der Waals surface area (Å²) in [5.74, 6) is 0. The zero-order valence-electron chi connectivity index (χ0n) is 10.2. The van der Waals surface area contributed by atoms with Crippen molar-refractivity contribution in [3.8, 4) is 0 Å². The zero-order chi connectivity index (χ0) is 11.9. The molecule has 0 aromatic heterocycles. The number of oxime groups is 1. The molecule has 2 rings (SSSR count). The smallest absolute Gasteiger partial charge is 0.209 e. The molecule has 0 aliphatic carbocycles. The van der Waals surface area contributed by atoms with E-state index in [1.165, 1.54) is 23.2 Å². The van der Waals surface area contributed by atoms with E-state index in [1.54, 1.807) is 0 Å². The third kappa shape index (κ3) is 1.28. The highest BCUT2D eigenvalue weighted by molar-refractivity contribution is 5.97. The summed E-state index contributed by atoms with van der Waals surface area (Å²) in [5.41, 5.74) is 4.70. The zero-order valence-corrected chi connectivity index (χ0v) is 10.2. The second-order valence-corrected chi connectivity index (χ2v) is 4.76. The van der Waals surface area contributed by atoms with Gasteiger partial charge in [-0.2, -0.15) is 0 Å². The van der Waals surface area contributed by atoms with Crippen LogP contribution in [-0.2, 0) is 5.41 Å². The minimum atomic E-state index is -0.0120. The maximum absolute atomic E-state index is 8.70. The molecule has 0 spiro atoms. The monoisotopic (exact) mass is 217 g/mol. The Hall–Kier alpha value is -1.64. The Bertz CT molecular complexity index is 499. The van der Waals surface area contributed by atoms with E-state index < -0.39 is 0 Å². The van der Waals surface area contributed by atoms with E-state index in [2.05, 4.69) is 43.6 Å². The third-order valence-corrected chi connectivity index (χ3v) is 3.67. The van der Waals surface area contributed by atoms with Gasteiger partial charge in [0.15, 0.2) is 5.71 Å². The van der Waals surface area contributed by atoms with Crippen molar-refractivity contribution in [1.82, 2.24) is 0 Å². The van der Waals surface area contributed by atoms with Gasteiger partial charge >= 0.3 is 0 Å². The number of fused-ring (bicyclic) bond motifs is 1. The van der Waals surface area contributed by atoms with Crippen molar-refractivity contribution in [3.63, 3.8) is 0 Å². The Kier molecular flexibility index (Phi) is 2.34. The maximum atomic E-state index is 8.70. The molecule has 84 valence electrons. The number of nitrogens with zero attached hydrogens (tertiary/aromatic N) is 2. The van der Waals surface area contributed by atoms with Crippen LogP contribution in [0.1, 0.15) is 31.9 Å². The molecular formula is C13H17N2O+. The first-order valence-corrected chi connectivity index (χ1v) is 5.39. The van der Waals surface area contributed by atoms with Crippen LogP contribution in [0.25, 0.3) is 0 Å². The maximum Gasteiger partial charge on any atom is 0.209 e. The number of rotatable bonds is 1. The molecule has 1 aliphatic rings. The normalized spacial score (nSPS) is 18.2. The Morgan fingerprint density at radius 2 is 2.06 bits per heavy atom. The summed E-state index contributed by atoms with van der Waals surface area (Å²) in [6.45, 7) is 6.53. The predicted molar refractivity (Wildman–Crippen MR) is 65.4 cm³/mol. The van der Waals surface area contributed by atoms with Gasteiger partial charge in [0.05, 0.1) is 11.6 Å². The van der Waals surface area contributed by atoms with Crippen molar-refractivity contribution in [1.29, 1.82) is 0 Å². The molecule has 0 amide bonds. The van der Waals surface area contributed by atoms with Crippen LogP contribution in [0, 0.1) is 0 Å². The average Bonchev–Trinajstić information content (AvgIpc) is 2.42. The van der Waals surface area contributed by atoms with Crippen LogP contribution in [0.15, 0.2) is 23.4 Å². The molecule has 1 aromatic carbocycles. The summed E-state index contributed by atoms with van der Waals surface area (Å²) in [6, 6.07) is 6.07. The van der Waals surface area contributed by atoms with E-state index in [4.69, 9.17) is 5.21 Å². The molecule has 1 heterocycles. The van der Waals surface area contributed by atoms with Crippen LogP contribution in [0.5, 0.6) is 0 Å². The van der Waals surface area contributed by atoms with Gasteiger partial charge in [0.1, 0.15) is 7.05 Å². The van der Waals surface area contributed by atoms with Gasteiger partial charge in [-0.25, -0.2) is 4.58 Å². The molecular weight excluding hydrogens is 200 g/mol. The lowest BCUT2D eigenvalue weighted by Gasteiger charge is -2.16. The third-order valence-electron chi connectivity index (χ3n) is 3.67. The molecule has 1 aliphatic heterocycles. The van der Waals surface area contributed by atoms with Gasteiger partial charge in [0, 0.05) is 24.1 Å². The van der Waals surface area contributed by atoms with E-state index in [9.17, 15) is 0 Å². The second-order valence-electron chi connectivity index (χ2n) is 4.76. The summed E-state index contributed by atoms with van der Waals surface area (Å²) in [4.78, 5) is 0. The van der Waals surface area contributed by atoms with Gasteiger partial charge in [-0.05, 0) is 13.8 Å². The fourth-order valence-electron chi connectivity index (χ4n) is 2.47. The van der Waals surface area contributed by atoms with E-state index in [0.717, 1.165) is 5.56 Å². The van der Waals surface area contributed by atoms with Crippen LogP contribution in [0.3, 0.4) is 0 Å². The summed E-state index contributed by atoms with van der Waals surface area (Å²) in [6.07, 6.45) is 1.51. The van der Waals surface area contributed by atoms with Crippen LogP contribution in [0.4, 0.5) is 5.69 Å². The first-order valence-electron chi connectivity index (χ1n) is 5.39.